The highest BCUT2D eigenvalue weighted by molar-refractivity contribution is 5.28. The smallest absolute Gasteiger partial charge is 0.0323 e. The van der Waals surface area contributed by atoms with Crippen molar-refractivity contribution >= 4 is 0 Å². The van der Waals surface area contributed by atoms with Crippen molar-refractivity contribution in [3.8, 4) is 12.3 Å². The topological polar surface area (TPSA) is 12.0 Å². The molecule has 1 aromatic rings. The molecule has 0 heterocycles. The van der Waals surface area contributed by atoms with Crippen molar-refractivity contribution in [3.05, 3.63) is 35.4 Å². The second-order valence-corrected chi connectivity index (χ2v) is 4.46. The van der Waals surface area contributed by atoms with E-state index in [0.29, 0.717) is 6.04 Å². The van der Waals surface area contributed by atoms with Crippen molar-refractivity contribution in [2.24, 2.45) is 0 Å². The minimum absolute atomic E-state index is 0.449. The summed E-state index contributed by atoms with van der Waals surface area (Å²) >= 11 is 0. The zero-order valence-electron chi connectivity index (χ0n) is 11.0. The van der Waals surface area contributed by atoms with Gasteiger partial charge in [0.05, 0.1) is 0 Å². The Balaban J connectivity index is 2.68. The summed E-state index contributed by atoms with van der Waals surface area (Å²) in [5.74, 6) is 2.72. The van der Waals surface area contributed by atoms with Crippen LogP contribution in [0, 0.1) is 19.3 Å². The van der Waals surface area contributed by atoms with Crippen LogP contribution >= 0.6 is 0 Å². The van der Waals surface area contributed by atoms with E-state index in [9.17, 15) is 0 Å². The summed E-state index contributed by atoms with van der Waals surface area (Å²) < 4.78 is 0. The molecule has 0 saturated carbocycles. The number of aryl methyl sites for hydroxylation is 1. The fraction of sp³-hybridized carbons (Fsp3) is 0.500. The predicted molar refractivity (Wildman–Crippen MR) is 74.9 cm³/mol. The molecule has 0 aliphatic carbocycles. The second-order valence-electron chi connectivity index (χ2n) is 4.46. The zero-order valence-corrected chi connectivity index (χ0v) is 11.0. The maximum absolute atomic E-state index is 5.31. The molecular formula is C16H23N. The Morgan fingerprint density at radius 3 is 2.76 bits per heavy atom. The van der Waals surface area contributed by atoms with Crippen LogP contribution < -0.4 is 5.32 Å². The van der Waals surface area contributed by atoms with Gasteiger partial charge in [-0.05, 0) is 43.9 Å². The SMILES string of the molecule is C#CCCCC(NCCC)c1ccccc1C. The minimum atomic E-state index is 0.449. The molecule has 0 fully saturated rings. The van der Waals surface area contributed by atoms with Crippen LogP contribution in [0.25, 0.3) is 0 Å². The Morgan fingerprint density at radius 1 is 1.35 bits per heavy atom. The van der Waals surface area contributed by atoms with E-state index in [1.165, 1.54) is 11.1 Å². The van der Waals surface area contributed by atoms with Crippen LogP contribution in [0.4, 0.5) is 0 Å². The van der Waals surface area contributed by atoms with Gasteiger partial charge in [-0.25, -0.2) is 0 Å². The molecule has 1 unspecified atom stereocenters. The first-order valence-electron chi connectivity index (χ1n) is 6.52. The average molecular weight is 229 g/mol. The number of terminal acetylenes is 1. The first kappa shape index (κ1) is 13.8. The highest BCUT2D eigenvalue weighted by Crippen LogP contribution is 2.22. The van der Waals surface area contributed by atoms with E-state index in [1.807, 2.05) is 0 Å². The average Bonchev–Trinajstić information content (AvgIpc) is 2.35. The standard InChI is InChI=1S/C16H23N/c1-4-6-7-12-16(17-13-5-2)15-11-9-8-10-14(15)3/h1,8-11,16-17H,5-7,12-13H2,2-3H3. The quantitative estimate of drug-likeness (QED) is 0.553. The lowest BCUT2D eigenvalue weighted by atomic mass is 9.97. The summed E-state index contributed by atoms with van der Waals surface area (Å²) in [4.78, 5) is 0. The van der Waals surface area contributed by atoms with E-state index in [1.54, 1.807) is 0 Å². The Labute approximate surface area is 106 Å². The van der Waals surface area contributed by atoms with Gasteiger partial charge in [-0.3, -0.25) is 0 Å². The van der Waals surface area contributed by atoms with Crippen LogP contribution in [0.2, 0.25) is 0 Å². The second kappa shape index (κ2) is 7.92. The molecule has 92 valence electrons. The Morgan fingerprint density at radius 2 is 2.12 bits per heavy atom. The molecule has 0 aliphatic rings. The Hall–Kier alpha value is -1.26. The maximum atomic E-state index is 5.31. The molecule has 1 N–H and O–H groups in total. The van der Waals surface area contributed by atoms with Crippen LogP contribution in [-0.4, -0.2) is 6.54 Å². The van der Waals surface area contributed by atoms with Crippen molar-refractivity contribution in [2.75, 3.05) is 6.54 Å². The summed E-state index contributed by atoms with van der Waals surface area (Å²) in [6.45, 7) is 5.44. The summed E-state index contributed by atoms with van der Waals surface area (Å²) in [7, 11) is 0. The minimum Gasteiger partial charge on any atom is -0.310 e. The highest BCUT2D eigenvalue weighted by Gasteiger charge is 2.11. The van der Waals surface area contributed by atoms with Gasteiger partial charge in [0.1, 0.15) is 0 Å². The number of benzene rings is 1. The van der Waals surface area contributed by atoms with Gasteiger partial charge in [-0.1, -0.05) is 31.2 Å². The molecule has 1 aromatic carbocycles. The van der Waals surface area contributed by atoms with Crippen LogP contribution in [-0.2, 0) is 0 Å². The molecule has 0 aromatic heterocycles. The van der Waals surface area contributed by atoms with Crippen molar-refractivity contribution in [1.82, 2.24) is 5.32 Å². The zero-order chi connectivity index (χ0) is 12.5. The summed E-state index contributed by atoms with van der Waals surface area (Å²) in [5, 5.41) is 3.62. The molecule has 0 radical (unpaired) electrons. The van der Waals surface area contributed by atoms with E-state index in [2.05, 4.69) is 49.4 Å². The van der Waals surface area contributed by atoms with Crippen molar-refractivity contribution in [2.45, 2.75) is 45.6 Å². The molecule has 1 atom stereocenters. The molecule has 0 spiro atoms. The van der Waals surface area contributed by atoms with E-state index in [-0.39, 0.29) is 0 Å². The largest absolute Gasteiger partial charge is 0.310 e. The number of hydrogen-bond acceptors (Lipinski definition) is 1. The normalized spacial score (nSPS) is 12.1. The first-order valence-corrected chi connectivity index (χ1v) is 6.52. The summed E-state index contributed by atoms with van der Waals surface area (Å²) in [6, 6.07) is 9.06. The van der Waals surface area contributed by atoms with Gasteiger partial charge in [-0.2, -0.15) is 0 Å². The fourth-order valence-corrected chi connectivity index (χ4v) is 2.07. The molecule has 17 heavy (non-hydrogen) atoms. The Kier molecular flexibility index (Phi) is 6.43. The van der Waals surface area contributed by atoms with Crippen LogP contribution in [0.15, 0.2) is 24.3 Å². The molecule has 1 heteroatoms. The lowest BCUT2D eigenvalue weighted by Crippen LogP contribution is -2.22. The summed E-state index contributed by atoms with van der Waals surface area (Å²) in [6.07, 6.45) is 9.56. The lowest BCUT2D eigenvalue weighted by Gasteiger charge is -2.20. The third-order valence-electron chi connectivity index (χ3n) is 3.02. The van der Waals surface area contributed by atoms with Crippen molar-refractivity contribution in [3.63, 3.8) is 0 Å². The van der Waals surface area contributed by atoms with Crippen molar-refractivity contribution in [1.29, 1.82) is 0 Å². The van der Waals surface area contributed by atoms with E-state index in [0.717, 1.165) is 32.2 Å². The molecular weight excluding hydrogens is 206 g/mol. The van der Waals surface area contributed by atoms with Gasteiger partial charge in [0.15, 0.2) is 0 Å². The molecule has 0 bridgehead atoms. The predicted octanol–water partition coefficient (Wildman–Crippen LogP) is 3.84. The van der Waals surface area contributed by atoms with Gasteiger partial charge >= 0.3 is 0 Å². The molecule has 1 nitrogen and oxygen atoms in total. The van der Waals surface area contributed by atoms with E-state index in [4.69, 9.17) is 6.42 Å². The van der Waals surface area contributed by atoms with Crippen LogP contribution in [0.3, 0.4) is 0 Å². The molecule has 0 amide bonds. The molecule has 0 aliphatic heterocycles. The first-order chi connectivity index (χ1) is 8.29. The fourth-order valence-electron chi connectivity index (χ4n) is 2.07. The third kappa shape index (κ3) is 4.63. The number of hydrogen-bond donors (Lipinski definition) is 1. The molecule has 0 saturated heterocycles. The highest BCUT2D eigenvalue weighted by atomic mass is 14.9. The van der Waals surface area contributed by atoms with Crippen LogP contribution in [0.1, 0.15) is 49.8 Å². The van der Waals surface area contributed by atoms with Gasteiger partial charge in [0.2, 0.25) is 0 Å². The number of nitrogens with one attached hydrogen (secondary N) is 1. The lowest BCUT2D eigenvalue weighted by molar-refractivity contribution is 0.486. The van der Waals surface area contributed by atoms with Gasteiger partial charge in [0, 0.05) is 12.5 Å². The van der Waals surface area contributed by atoms with Gasteiger partial charge in [0.25, 0.3) is 0 Å². The monoisotopic (exact) mass is 229 g/mol. The van der Waals surface area contributed by atoms with Crippen molar-refractivity contribution < 1.29 is 0 Å². The maximum Gasteiger partial charge on any atom is 0.0323 e. The Bertz CT molecular complexity index is 362. The van der Waals surface area contributed by atoms with Crippen LogP contribution in [0.5, 0.6) is 0 Å². The van der Waals surface area contributed by atoms with E-state index >= 15 is 0 Å². The third-order valence-corrected chi connectivity index (χ3v) is 3.02. The molecule has 1 rings (SSSR count). The number of rotatable bonds is 7. The van der Waals surface area contributed by atoms with E-state index < -0.39 is 0 Å². The number of unbranched alkanes of at least 4 members (excludes halogenated alkanes) is 1. The summed E-state index contributed by atoms with van der Waals surface area (Å²) in [5.41, 5.74) is 2.78. The van der Waals surface area contributed by atoms with Gasteiger partial charge < -0.3 is 5.32 Å². The van der Waals surface area contributed by atoms with Gasteiger partial charge in [-0.15, -0.1) is 12.3 Å².